The molecule has 0 aliphatic heterocycles. The van der Waals surface area contributed by atoms with Gasteiger partial charge in [-0.25, -0.2) is 18.1 Å². The Morgan fingerprint density at radius 2 is 1.76 bits per heavy atom. The number of sulfonamides is 1. The van der Waals surface area contributed by atoms with Crippen LogP contribution in [0.1, 0.15) is 13.3 Å². The summed E-state index contributed by atoms with van der Waals surface area (Å²) >= 11 is 0. The lowest BCUT2D eigenvalue weighted by atomic mass is 10.3. The molecule has 1 aromatic heterocycles. The number of aromatic nitrogens is 1. The number of amides is 2. The van der Waals surface area contributed by atoms with Crippen LogP contribution in [-0.4, -0.2) is 31.8 Å². The standard InChI is InChI=1S/C16H18N4O4S/c1-12(21)19-13-5-7-14(8-6-13)25(23,24)18-11-9-16(22)20-15-4-2-3-10-17-15/h2-8,10,18H,9,11H2,1H3,(H,19,21)(H,17,20,22). The van der Waals surface area contributed by atoms with Gasteiger partial charge in [-0.05, 0) is 36.4 Å². The molecular formula is C16H18N4O4S. The first kappa shape index (κ1) is 18.6. The molecule has 8 nitrogen and oxygen atoms in total. The van der Waals surface area contributed by atoms with Gasteiger partial charge >= 0.3 is 0 Å². The van der Waals surface area contributed by atoms with Crippen molar-refractivity contribution >= 4 is 33.3 Å². The van der Waals surface area contributed by atoms with E-state index >= 15 is 0 Å². The Bertz CT molecular complexity index is 836. The average molecular weight is 362 g/mol. The van der Waals surface area contributed by atoms with Crippen molar-refractivity contribution in [2.75, 3.05) is 17.2 Å². The third-order valence-corrected chi connectivity index (χ3v) is 4.54. The predicted molar refractivity (Wildman–Crippen MR) is 93.4 cm³/mol. The van der Waals surface area contributed by atoms with Crippen molar-refractivity contribution in [3.05, 3.63) is 48.7 Å². The molecule has 0 aliphatic rings. The Kier molecular flexibility index (Phi) is 6.20. The number of anilines is 2. The van der Waals surface area contributed by atoms with Crippen molar-refractivity contribution in [3.63, 3.8) is 0 Å². The summed E-state index contributed by atoms with van der Waals surface area (Å²) in [4.78, 5) is 26.7. The molecule has 1 heterocycles. The molecule has 2 aromatic rings. The maximum Gasteiger partial charge on any atom is 0.240 e. The van der Waals surface area contributed by atoms with Gasteiger partial charge in [0.2, 0.25) is 21.8 Å². The van der Waals surface area contributed by atoms with Gasteiger partial charge in [0.05, 0.1) is 4.90 Å². The van der Waals surface area contributed by atoms with Gasteiger partial charge in [0.15, 0.2) is 0 Å². The normalized spacial score (nSPS) is 10.9. The van der Waals surface area contributed by atoms with Crippen LogP contribution in [-0.2, 0) is 19.6 Å². The molecule has 0 unspecified atom stereocenters. The number of carbonyl (C=O) groups is 2. The molecule has 0 radical (unpaired) electrons. The highest BCUT2D eigenvalue weighted by atomic mass is 32.2. The van der Waals surface area contributed by atoms with Gasteiger partial charge in [-0.15, -0.1) is 0 Å². The van der Waals surface area contributed by atoms with E-state index in [2.05, 4.69) is 20.3 Å². The summed E-state index contributed by atoms with van der Waals surface area (Å²) in [5, 5.41) is 5.12. The minimum Gasteiger partial charge on any atom is -0.326 e. The summed E-state index contributed by atoms with van der Waals surface area (Å²) < 4.78 is 26.7. The van der Waals surface area contributed by atoms with Crippen LogP contribution in [0.4, 0.5) is 11.5 Å². The summed E-state index contributed by atoms with van der Waals surface area (Å²) in [5.74, 6) is -0.182. The van der Waals surface area contributed by atoms with Crippen LogP contribution in [0.3, 0.4) is 0 Å². The second-order valence-electron chi connectivity index (χ2n) is 5.12. The van der Waals surface area contributed by atoms with E-state index in [0.717, 1.165) is 0 Å². The van der Waals surface area contributed by atoms with Crippen molar-refractivity contribution in [2.45, 2.75) is 18.2 Å². The summed E-state index contributed by atoms with van der Waals surface area (Å²) in [6.45, 7) is 1.32. The van der Waals surface area contributed by atoms with Gasteiger partial charge in [-0.2, -0.15) is 0 Å². The zero-order valence-electron chi connectivity index (χ0n) is 13.5. The van der Waals surface area contributed by atoms with E-state index < -0.39 is 10.0 Å². The molecule has 1 aromatic carbocycles. The minimum absolute atomic E-state index is 0.0280. The molecule has 9 heteroatoms. The van der Waals surface area contributed by atoms with Gasteiger partial charge in [0, 0.05) is 31.8 Å². The first-order valence-electron chi connectivity index (χ1n) is 7.45. The number of nitrogens with one attached hydrogen (secondary N) is 3. The fourth-order valence-corrected chi connectivity index (χ4v) is 2.98. The van der Waals surface area contributed by atoms with Crippen molar-refractivity contribution in [3.8, 4) is 0 Å². The van der Waals surface area contributed by atoms with Crippen LogP contribution in [0.25, 0.3) is 0 Å². The number of nitrogens with zero attached hydrogens (tertiary/aromatic N) is 1. The number of hydrogen-bond donors (Lipinski definition) is 3. The zero-order chi connectivity index (χ0) is 18.3. The smallest absolute Gasteiger partial charge is 0.240 e. The lowest BCUT2D eigenvalue weighted by Crippen LogP contribution is -2.28. The van der Waals surface area contributed by atoms with E-state index in [1.807, 2.05) is 0 Å². The third kappa shape index (κ3) is 5.98. The summed E-state index contributed by atoms with van der Waals surface area (Å²) in [7, 11) is -3.73. The second-order valence-corrected chi connectivity index (χ2v) is 6.88. The molecule has 0 aliphatic carbocycles. The number of benzene rings is 1. The highest BCUT2D eigenvalue weighted by molar-refractivity contribution is 7.89. The highest BCUT2D eigenvalue weighted by Gasteiger charge is 2.14. The minimum atomic E-state index is -3.73. The number of carbonyl (C=O) groups excluding carboxylic acids is 2. The highest BCUT2D eigenvalue weighted by Crippen LogP contribution is 2.14. The van der Waals surface area contributed by atoms with Gasteiger partial charge in [-0.3, -0.25) is 9.59 Å². The SMILES string of the molecule is CC(=O)Nc1ccc(S(=O)(=O)NCCC(=O)Nc2ccccn2)cc1. The van der Waals surface area contributed by atoms with Gasteiger partial charge < -0.3 is 10.6 Å². The monoisotopic (exact) mass is 362 g/mol. The molecule has 2 amide bonds. The van der Waals surface area contributed by atoms with Crippen LogP contribution >= 0.6 is 0 Å². The van der Waals surface area contributed by atoms with Gasteiger partial charge in [0.25, 0.3) is 0 Å². The summed E-state index contributed by atoms with van der Waals surface area (Å²) in [6.07, 6.45) is 1.52. The molecule has 0 fully saturated rings. The Labute approximate surface area is 145 Å². The Morgan fingerprint density at radius 3 is 2.36 bits per heavy atom. The maximum absolute atomic E-state index is 12.2. The number of hydrogen-bond acceptors (Lipinski definition) is 5. The molecular weight excluding hydrogens is 344 g/mol. The number of pyridine rings is 1. The average Bonchev–Trinajstić information content (AvgIpc) is 2.55. The summed E-state index contributed by atoms with van der Waals surface area (Å²) in [6, 6.07) is 10.8. The fraction of sp³-hybridized carbons (Fsp3) is 0.188. The molecule has 2 rings (SSSR count). The maximum atomic E-state index is 12.2. The van der Waals surface area contributed by atoms with E-state index in [1.165, 1.54) is 31.2 Å². The molecule has 0 saturated heterocycles. The first-order chi connectivity index (χ1) is 11.9. The Hall–Kier alpha value is -2.78. The predicted octanol–water partition coefficient (Wildman–Crippen LogP) is 1.35. The van der Waals surface area contributed by atoms with Crippen LogP contribution in [0.5, 0.6) is 0 Å². The molecule has 132 valence electrons. The van der Waals surface area contributed by atoms with E-state index in [1.54, 1.807) is 24.4 Å². The van der Waals surface area contributed by atoms with Crippen LogP contribution in [0, 0.1) is 0 Å². The quantitative estimate of drug-likeness (QED) is 0.687. The fourth-order valence-electron chi connectivity index (χ4n) is 1.94. The topological polar surface area (TPSA) is 117 Å². The van der Waals surface area contributed by atoms with E-state index in [-0.39, 0.29) is 29.7 Å². The molecule has 25 heavy (non-hydrogen) atoms. The van der Waals surface area contributed by atoms with E-state index in [9.17, 15) is 18.0 Å². The van der Waals surface area contributed by atoms with Crippen molar-refractivity contribution in [2.24, 2.45) is 0 Å². The van der Waals surface area contributed by atoms with E-state index in [4.69, 9.17) is 0 Å². The molecule has 0 spiro atoms. The van der Waals surface area contributed by atoms with Crippen LogP contribution in [0.15, 0.2) is 53.6 Å². The van der Waals surface area contributed by atoms with Crippen molar-refractivity contribution in [1.29, 1.82) is 0 Å². The van der Waals surface area contributed by atoms with Crippen molar-refractivity contribution in [1.82, 2.24) is 9.71 Å². The van der Waals surface area contributed by atoms with Crippen LogP contribution in [0.2, 0.25) is 0 Å². The van der Waals surface area contributed by atoms with Gasteiger partial charge in [-0.1, -0.05) is 6.07 Å². The summed E-state index contributed by atoms with van der Waals surface area (Å²) in [5.41, 5.74) is 0.501. The molecule has 0 atom stereocenters. The Morgan fingerprint density at radius 1 is 1.04 bits per heavy atom. The molecule has 0 bridgehead atoms. The van der Waals surface area contributed by atoms with E-state index in [0.29, 0.717) is 11.5 Å². The largest absolute Gasteiger partial charge is 0.326 e. The Balaban J connectivity index is 1.86. The second kappa shape index (κ2) is 8.36. The number of rotatable bonds is 7. The third-order valence-electron chi connectivity index (χ3n) is 3.06. The van der Waals surface area contributed by atoms with Crippen LogP contribution < -0.4 is 15.4 Å². The zero-order valence-corrected chi connectivity index (χ0v) is 14.3. The first-order valence-corrected chi connectivity index (χ1v) is 8.93. The van der Waals surface area contributed by atoms with Gasteiger partial charge in [0.1, 0.15) is 5.82 Å². The van der Waals surface area contributed by atoms with Crippen molar-refractivity contribution < 1.29 is 18.0 Å². The molecule has 0 saturated carbocycles. The molecule has 3 N–H and O–H groups in total. The lowest BCUT2D eigenvalue weighted by molar-refractivity contribution is -0.116. The lowest BCUT2D eigenvalue weighted by Gasteiger charge is -2.08.